The number of anilines is 1. The highest BCUT2D eigenvalue weighted by atomic mass is 32.1. The van der Waals surface area contributed by atoms with Crippen molar-refractivity contribution < 1.29 is 31.5 Å². The summed E-state index contributed by atoms with van der Waals surface area (Å²) >= 11 is 0.612. The Morgan fingerprint density at radius 3 is 2.55 bits per heavy atom. The molecule has 0 aliphatic rings. The van der Waals surface area contributed by atoms with Crippen molar-refractivity contribution in [1.82, 2.24) is 9.55 Å². The maximum Gasteiger partial charge on any atom is 0.434 e. The molecule has 0 unspecified atom stereocenters. The van der Waals surface area contributed by atoms with Gasteiger partial charge < -0.3 is 9.30 Å². The molecule has 0 bridgehead atoms. The topological polar surface area (TPSA) is 56.1 Å². The van der Waals surface area contributed by atoms with E-state index in [4.69, 9.17) is 4.74 Å². The lowest BCUT2D eigenvalue weighted by atomic mass is 10.1. The Hall–Kier alpha value is -2.95. The molecule has 166 valence electrons. The number of amides is 1. The SMILES string of the molecule is CC(C)Cc1cc(OC(=O)Nc2nc(C(F)(F)F)cs2)n(Cc2ccc(F)c(F)c2)c1. The number of carbonyl (C=O) groups is 1. The van der Waals surface area contributed by atoms with Gasteiger partial charge in [-0.3, -0.25) is 5.32 Å². The Kier molecular flexibility index (Phi) is 6.63. The third-order valence-corrected chi connectivity index (χ3v) is 4.85. The fraction of sp³-hybridized carbons (Fsp3) is 0.300. The number of benzene rings is 1. The summed E-state index contributed by atoms with van der Waals surface area (Å²) in [6, 6.07) is 5.05. The zero-order valence-corrected chi connectivity index (χ0v) is 17.3. The number of carbonyl (C=O) groups excluding carboxylic acids is 1. The standard InChI is InChI=1S/C20H18F5N3O2S/c1-11(2)5-13-7-17(28(9-13)8-12-3-4-14(21)15(22)6-12)30-19(29)27-18-26-16(10-31-18)20(23,24)25/h3-4,6-7,9-11H,5,8H2,1-2H3,(H,26,27,29). The minimum Gasteiger partial charge on any atom is -0.393 e. The van der Waals surface area contributed by atoms with Crippen molar-refractivity contribution >= 4 is 22.6 Å². The summed E-state index contributed by atoms with van der Waals surface area (Å²) in [6.07, 6.45) is -3.26. The summed E-state index contributed by atoms with van der Waals surface area (Å²) in [6.45, 7) is 4.09. The Labute approximate surface area is 178 Å². The van der Waals surface area contributed by atoms with E-state index in [-0.39, 0.29) is 17.6 Å². The highest BCUT2D eigenvalue weighted by Crippen LogP contribution is 2.31. The quantitative estimate of drug-likeness (QED) is 0.453. The Morgan fingerprint density at radius 2 is 1.94 bits per heavy atom. The van der Waals surface area contributed by atoms with Crippen LogP contribution in [0.15, 0.2) is 35.8 Å². The van der Waals surface area contributed by atoms with Gasteiger partial charge in [0.2, 0.25) is 5.88 Å². The third-order valence-electron chi connectivity index (χ3n) is 4.10. The highest BCUT2D eigenvalue weighted by molar-refractivity contribution is 7.13. The number of aromatic nitrogens is 2. The number of halogens is 5. The fourth-order valence-electron chi connectivity index (χ4n) is 2.84. The monoisotopic (exact) mass is 459 g/mol. The Bertz CT molecular complexity index is 1080. The van der Waals surface area contributed by atoms with E-state index in [0.717, 1.165) is 23.1 Å². The van der Waals surface area contributed by atoms with Gasteiger partial charge in [0.1, 0.15) is 0 Å². The van der Waals surface area contributed by atoms with Crippen LogP contribution in [0.25, 0.3) is 0 Å². The van der Waals surface area contributed by atoms with Gasteiger partial charge >= 0.3 is 12.3 Å². The van der Waals surface area contributed by atoms with E-state index in [1.807, 2.05) is 13.8 Å². The lowest BCUT2D eigenvalue weighted by Crippen LogP contribution is -2.18. The molecule has 31 heavy (non-hydrogen) atoms. The van der Waals surface area contributed by atoms with Crippen LogP contribution in [-0.2, 0) is 19.1 Å². The lowest BCUT2D eigenvalue weighted by Gasteiger charge is -2.10. The average molecular weight is 459 g/mol. The summed E-state index contributed by atoms with van der Waals surface area (Å²) in [4.78, 5) is 15.5. The van der Waals surface area contributed by atoms with Crippen LogP contribution in [0.2, 0.25) is 0 Å². The molecule has 0 spiro atoms. The Morgan fingerprint density at radius 1 is 1.19 bits per heavy atom. The van der Waals surface area contributed by atoms with Crippen molar-refractivity contribution in [2.75, 3.05) is 5.32 Å². The number of hydrogen-bond donors (Lipinski definition) is 1. The van der Waals surface area contributed by atoms with E-state index in [2.05, 4.69) is 10.3 Å². The highest BCUT2D eigenvalue weighted by Gasteiger charge is 2.34. The molecule has 0 atom stereocenters. The summed E-state index contributed by atoms with van der Waals surface area (Å²) in [5.74, 6) is -1.58. The fourth-order valence-corrected chi connectivity index (χ4v) is 3.54. The van der Waals surface area contributed by atoms with Gasteiger partial charge in [-0.1, -0.05) is 19.9 Å². The second-order valence-corrected chi connectivity index (χ2v) is 8.07. The van der Waals surface area contributed by atoms with Crippen LogP contribution in [0.3, 0.4) is 0 Å². The first kappa shape index (κ1) is 22.7. The van der Waals surface area contributed by atoms with Crippen LogP contribution in [0.4, 0.5) is 31.9 Å². The maximum absolute atomic E-state index is 13.5. The van der Waals surface area contributed by atoms with Crippen LogP contribution in [0.1, 0.15) is 30.7 Å². The smallest absolute Gasteiger partial charge is 0.393 e. The molecule has 2 heterocycles. The minimum absolute atomic E-state index is 0.0907. The van der Waals surface area contributed by atoms with Crippen LogP contribution < -0.4 is 10.1 Å². The van der Waals surface area contributed by atoms with E-state index in [9.17, 15) is 26.7 Å². The van der Waals surface area contributed by atoms with Gasteiger partial charge in [-0.05, 0) is 35.6 Å². The molecule has 0 saturated carbocycles. The summed E-state index contributed by atoms with van der Waals surface area (Å²) < 4.78 is 71.5. The van der Waals surface area contributed by atoms with Crippen molar-refractivity contribution in [2.45, 2.75) is 33.0 Å². The summed E-state index contributed by atoms with van der Waals surface area (Å²) in [5, 5.41) is 2.68. The molecule has 3 aromatic rings. The summed E-state index contributed by atoms with van der Waals surface area (Å²) in [7, 11) is 0. The number of alkyl halides is 3. The number of hydrogen-bond acceptors (Lipinski definition) is 4. The van der Waals surface area contributed by atoms with Crippen LogP contribution in [0.5, 0.6) is 5.88 Å². The van der Waals surface area contributed by atoms with Gasteiger partial charge in [-0.2, -0.15) is 13.2 Å². The first-order valence-electron chi connectivity index (χ1n) is 9.16. The molecule has 2 aromatic heterocycles. The van der Waals surface area contributed by atoms with E-state index < -0.39 is 29.6 Å². The van der Waals surface area contributed by atoms with E-state index in [1.165, 1.54) is 10.6 Å². The molecule has 0 fully saturated rings. The van der Waals surface area contributed by atoms with E-state index in [0.29, 0.717) is 29.2 Å². The third kappa shape index (κ3) is 6.03. The lowest BCUT2D eigenvalue weighted by molar-refractivity contribution is -0.140. The molecule has 0 saturated heterocycles. The van der Waals surface area contributed by atoms with E-state index >= 15 is 0 Å². The number of rotatable bonds is 6. The molecule has 0 aliphatic heterocycles. The van der Waals surface area contributed by atoms with Gasteiger partial charge in [0.25, 0.3) is 0 Å². The molecular formula is C20H18F5N3O2S. The molecule has 3 rings (SSSR count). The minimum atomic E-state index is -4.62. The second-order valence-electron chi connectivity index (χ2n) is 7.21. The zero-order valence-electron chi connectivity index (χ0n) is 16.5. The predicted octanol–water partition coefficient (Wildman–Crippen LogP) is 6.10. The van der Waals surface area contributed by atoms with Crippen molar-refractivity contribution in [3.05, 3.63) is 64.3 Å². The Balaban J connectivity index is 1.78. The molecule has 0 aliphatic carbocycles. The first-order valence-corrected chi connectivity index (χ1v) is 10.0. The van der Waals surface area contributed by atoms with Crippen LogP contribution >= 0.6 is 11.3 Å². The summed E-state index contributed by atoms with van der Waals surface area (Å²) in [5.41, 5.74) is 0.160. The molecule has 1 aromatic carbocycles. The van der Waals surface area contributed by atoms with Crippen molar-refractivity contribution in [3.8, 4) is 5.88 Å². The molecular weight excluding hydrogens is 441 g/mol. The molecule has 11 heteroatoms. The normalized spacial score (nSPS) is 11.7. The molecule has 5 nitrogen and oxygen atoms in total. The molecule has 1 N–H and O–H groups in total. The number of thiazole rings is 1. The van der Waals surface area contributed by atoms with Gasteiger partial charge in [-0.15, -0.1) is 11.3 Å². The first-order chi connectivity index (χ1) is 14.5. The van der Waals surface area contributed by atoms with Gasteiger partial charge in [0.05, 0.1) is 6.54 Å². The number of nitrogens with one attached hydrogen (secondary N) is 1. The van der Waals surface area contributed by atoms with Crippen molar-refractivity contribution in [1.29, 1.82) is 0 Å². The van der Waals surface area contributed by atoms with Gasteiger partial charge in [-0.25, -0.2) is 18.6 Å². The average Bonchev–Trinajstić information content (AvgIpc) is 3.25. The maximum atomic E-state index is 13.5. The van der Waals surface area contributed by atoms with Crippen LogP contribution in [0, 0.1) is 17.6 Å². The molecule has 0 radical (unpaired) electrons. The van der Waals surface area contributed by atoms with Crippen LogP contribution in [-0.4, -0.2) is 15.6 Å². The molecule has 1 amide bonds. The van der Waals surface area contributed by atoms with Crippen molar-refractivity contribution in [2.24, 2.45) is 5.92 Å². The number of nitrogens with zero attached hydrogens (tertiary/aromatic N) is 2. The van der Waals surface area contributed by atoms with Gasteiger partial charge in [0.15, 0.2) is 22.5 Å². The van der Waals surface area contributed by atoms with Gasteiger partial charge in [0, 0.05) is 17.6 Å². The number of ether oxygens (including phenoxy) is 1. The second kappa shape index (κ2) is 9.04. The predicted molar refractivity (Wildman–Crippen MR) is 105 cm³/mol. The van der Waals surface area contributed by atoms with E-state index in [1.54, 1.807) is 12.3 Å². The largest absolute Gasteiger partial charge is 0.434 e. The zero-order chi connectivity index (χ0) is 22.8. The van der Waals surface area contributed by atoms with Crippen molar-refractivity contribution in [3.63, 3.8) is 0 Å².